The molecule has 130 valence electrons. The fourth-order valence-electron chi connectivity index (χ4n) is 3.36. The summed E-state index contributed by atoms with van der Waals surface area (Å²) < 4.78 is 1.82. The number of piperidine rings is 1. The predicted octanol–water partition coefficient (Wildman–Crippen LogP) is 2.28. The lowest BCUT2D eigenvalue weighted by Crippen LogP contribution is -2.38. The SMILES string of the molecule is Cn1ccc(-c2[nH]ncc2CN2CCC(Nc3cccnc3)CC2)n1. The molecule has 3 aromatic rings. The third kappa shape index (κ3) is 3.71. The van der Waals surface area contributed by atoms with Gasteiger partial charge in [-0.2, -0.15) is 10.2 Å². The van der Waals surface area contributed by atoms with E-state index in [9.17, 15) is 0 Å². The van der Waals surface area contributed by atoms with Gasteiger partial charge in [-0.15, -0.1) is 0 Å². The highest BCUT2D eigenvalue weighted by Gasteiger charge is 2.21. The van der Waals surface area contributed by atoms with Gasteiger partial charge < -0.3 is 5.32 Å². The summed E-state index contributed by atoms with van der Waals surface area (Å²) >= 11 is 0. The van der Waals surface area contributed by atoms with Crippen LogP contribution >= 0.6 is 0 Å². The van der Waals surface area contributed by atoms with Gasteiger partial charge in [0, 0.05) is 56.9 Å². The molecule has 0 aliphatic carbocycles. The molecule has 7 nitrogen and oxygen atoms in total. The Morgan fingerprint density at radius 3 is 2.84 bits per heavy atom. The molecule has 7 heteroatoms. The zero-order valence-corrected chi connectivity index (χ0v) is 14.4. The monoisotopic (exact) mass is 337 g/mol. The molecule has 0 atom stereocenters. The van der Waals surface area contributed by atoms with Gasteiger partial charge in [-0.3, -0.25) is 19.7 Å². The predicted molar refractivity (Wildman–Crippen MR) is 96.9 cm³/mol. The van der Waals surface area contributed by atoms with Crippen LogP contribution in [0.3, 0.4) is 0 Å². The van der Waals surface area contributed by atoms with E-state index >= 15 is 0 Å². The van der Waals surface area contributed by atoms with E-state index in [0.717, 1.165) is 49.6 Å². The summed E-state index contributed by atoms with van der Waals surface area (Å²) in [6.45, 7) is 3.05. The van der Waals surface area contributed by atoms with Crippen molar-refractivity contribution in [2.24, 2.45) is 7.05 Å². The lowest BCUT2D eigenvalue weighted by Gasteiger charge is -2.32. The number of likely N-dealkylation sites (tertiary alicyclic amines) is 1. The number of pyridine rings is 1. The molecule has 1 saturated heterocycles. The Morgan fingerprint density at radius 2 is 2.12 bits per heavy atom. The first kappa shape index (κ1) is 15.8. The first-order valence-electron chi connectivity index (χ1n) is 8.69. The van der Waals surface area contributed by atoms with Crippen molar-refractivity contribution in [2.75, 3.05) is 18.4 Å². The van der Waals surface area contributed by atoms with Crippen LogP contribution in [0, 0.1) is 0 Å². The smallest absolute Gasteiger partial charge is 0.110 e. The van der Waals surface area contributed by atoms with Crippen molar-refractivity contribution in [2.45, 2.75) is 25.4 Å². The first-order valence-corrected chi connectivity index (χ1v) is 8.69. The van der Waals surface area contributed by atoms with E-state index in [1.165, 1.54) is 5.56 Å². The van der Waals surface area contributed by atoms with E-state index in [1.54, 1.807) is 6.20 Å². The Morgan fingerprint density at radius 1 is 1.24 bits per heavy atom. The van der Waals surface area contributed by atoms with Gasteiger partial charge in [-0.1, -0.05) is 0 Å². The third-order valence-corrected chi connectivity index (χ3v) is 4.70. The molecule has 1 fully saturated rings. The zero-order valence-electron chi connectivity index (χ0n) is 14.4. The molecule has 25 heavy (non-hydrogen) atoms. The largest absolute Gasteiger partial charge is 0.381 e. The number of nitrogens with zero attached hydrogens (tertiary/aromatic N) is 5. The average Bonchev–Trinajstić information content (AvgIpc) is 3.26. The molecule has 0 radical (unpaired) electrons. The summed E-state index contributed by atoms with van der Waals surface area (Å²) in [6, 6.07) is 6.57. The van der Waals surface area contributed by atoms with Gasteiger partial charge >= 0.3 is 0 Å². The molecule has 1 aliphatic heterocycles. The lowest BCUT2D eigenvalue weighted by molar-refractivity contribution is 0.211. The maximum Gasteiger partial charge on any atom is 0.110 e. The van der Waals surface area contributed by atoms with E-state index < -0.39 is 0 Å². The maximum absolute atomic E-state index is 4.48. The average molecular weight is 337 g/mol. The summed E-state index contributed by atoms with van der Waals surface area (Å²) in [4.78, 5) is 6.65. The number of rotatable bonds is 5. The van der Waals surface area contributed by atoms with E-state index in [-0.39, 0.29) is 0 Å². The molecular formula is C18H23N7. The molecular weight excluding hydrogens is 314 g/mol. The molecule has 0 saturated carbocycles. The Hall–Kier alpha value is -2.67. The van der Waals surface area contributed by atoms with Crippen LogP contribution in [0.5, 0.6) is 0 Å². The van der Waals surface area contributed by atoms with E-state index in [4.69, 9.17) is 0 Å². The zero-order chi connectivity index (χ0) is 17.1. The number of aryl methyl sites for hydroxylation is 1. The summed E-state index contributed by atoms with van der Waals surface area (Å²) in [6.07, 6.45) is 9.83. The van der Waals surface area contributed by atoms with Crippen LogP contribution in [0.25, 0.3) is 11.4 Å². The van der Waals surface area contributed by atoms with Crippen LogP contribution in [0.2, 0.25) is 0 Å². The van der Waals surface area contributed by atoms with Gasteiger partial charge in [0.25, 0.3) is 0 Å². The van der Waals surface area contributed by atoms with Crippen molar-refractivity contribution in [3.63, 3.8) is 0 Å². The first-order chi connectivity index (χ1) is 12.3. The minimum Gasteiger partial charge on any atom is -0.381 e. The lowest BCUT2D eigenvalue weighted by atomic mass is 10.0. The third-order valence-electron chi connectivity index (χ3n) is 4.70. The maximum atomic E-state index is 4.48. The van der Waals surface area contributed by atoms with Gasteiger partial charge in [-0.25, -0.2) is 0 Å². The van der Waals surface area contributed by atoms with Gasteiger partial charge in [-0.05, 0) is 31.0 Å². The Balaban J connectivity index is 1.34. The van der Waals surface area contributed by atoms with Gasteiger partial charge in [0.1, 0.15) is 5.69 Å². The number of aromatic nitrogens is 5. The Bertz CT molecular complexity index is 800. The number of nitrogens with one attached hydrogen (secondary N) is 2. The Kier molecular flexibility index (Phi) is 4.47. The molecule has 0 aromatic carbocycles. The second kappa shape index (κ2) is 7.06. The molecule has 0 bridgehead atoms. The highest BCUT2D eigenvalue weighted by atomic mass is 15.3. The minimum absolute atomic E-state index is 0.514. The standard InChI is InChI=1S/C18H23N7/c1-24-8-6-17(23-24)18-14(11-20-22-18)13-25-9-4-15(5-10-25)21-16-3-2-7-19-12-16/h2-3,6-8,11-12,15,21H,4-5,9-10,13H2,1H3,(H,20,22). The minimum atomic E-state index is 0.514. The fourth-order valence-corrected chi connectivity index (χ4v) is 3.36. The van der Waals surface area contributed by atoms with Crippen molar-refractivity contribution in [1.29, 1.82) is 0 Å². The van der Waals surface area contributed by atoms with Crippen LogP contribution < -0.4 is 5.32 Å². The van der Waals surface area contributed by atoms with Crippen molar-refractivity contribution in [1.82, 2.24) is 29.9 Å². The van der Waals surface area contributed by atoms with Crippen LogP contribution in [0.15, 0.2) is 43.0 Å². The normalized spacial score (nSPS) is 16.2. The van der Waals surface area contributed by atoms with E-state index in [0.29, 0.717) is 6.04 Å². The number of H-pyrrole nitrogens is 1. The van der Waals surface area contributed by atoms with E-state index in [1.807, 2.05) is 42.5 Å². The van der Waals surface area contributed by atoms with Crippen LogP contribution in [0.4, 0.5) is 5.69 Å². The number of hydrogen-bond donors (Lipinski definition) is 2. The molecule has 0 unspecified atom stereocenters. The summed E-state index contributed by atoms with van der Waals surface area (Å²) in [5.41, 5.74) is 4.28. The van der Waals surface area contributed by atoms with Gasteiger partial charge in [0.05, 0.1) is 17.6 Å². The second-order valence-electron chi connectivity index (χ2n) is 6.58. The summed E-state index contributed by atoms with van der Waals surface area (Å²) in [7, 11) is 1.93. The van der Waals surface area contributed by atoms with Crippen LogP contribution in [0.1, 0.15) is 18.4 Å². The van der Waals surface area contributed by atoms with Crippen molar-refractivity contribution in [3.8, 4) is 11.4 Å². The van der Waals surface area contributed by atoms with E-state index in [2.05, 4.69) is 36.6 Å². The van der Waals surface area contributed by atoms with Crippen molar-refractivity contribution in [3.05, 3.63) is 48.5 Å². The molecule has 0 amide bonds. The van der Waals surface area contributed by atoms with Gasteiger partial charge in [0.2, 0.25) is 0 Å². The van der Waals surface area contributed by atoms with Crippen LogP contribution in [-0.4, -0.2) is 49.0 Å². The molecule has 4 heterocycles. The molecule has 1 aliphatic rings. The highest BCUT2D eigenvalue weighted by molar-refractivity contribution is 5.57. The summed E-state index contributed by atoms with van der Waals surface area (Å²) in [5, 5.41) is 15.4. The Labute approximate surface area is 147 Å². The second-order valence-corrected chi connectivity index (χ2v) is 6.58. The molecule has 2 N–H and O–H groups in total. The van der Waals surface area contributed by atoms with Gasteiger partial charge in [0.15, 0.2) is 0 Å². The quantitative estimate of drug-likeness (QED) is 0.747. The number of anilines is 1. The topological polar surface area (TPSA) is 74.7 Å². The van der Waals surface area contributed by atoms with Crippen molar-refractivity contribution >= 4 is 5.69 Å². The fraction of sp³-hybridized carbons (Fsp3) is 0.389. The summed E-state index contributed by atoms with van der Waals surface area (Å²) in [5.74, 6) is 0. The van der Waals surface area contributed by atoms with Crippen molar-refractivity contribution < 1.29 is 0 Å². The number of aromatic amines is 1. The highest BCUT2D eigenvalue weighted by Crippen LogP contribution is 2.23. The number of hydrogen-bond acceptors (Lipinski definition) is 5. The van der Waals surface area contributed by atoms with Crippen LogP contribution in [-0.2, 0) is 13.6 Å². The molecule has 0 spiro atoms. The molecule has 3 aromatic heterocycles. The molecule has 4 rings (SSSR count).